The summed E-state index contributed by atoms with van der Waals surface area (Å²) in [6.45, 7) is 23.1. The highest BCUT2D eigenvalue weighted by atomic mass is 28.4. The maximum Gasteiger partial charge on any atom is 0.200 e. The van der Waals surface area contributed by atoms with E-state index in [0.29, 0.717) is 16.6 Å². The third-order valence-electron chi connectivity index (χ3n) is 6.03. The van der Waals surface area contributed by atoms with Gasteiger partial charge in [0.1, 0.15) is 5.72 Å². The maximum absolute atomic E-state index is 11.1. The van der Waals surface area contributed by atoms with Crippen LogP contribution in [0.2, 0.25) is 16.6 Å². The molecule has 0 radical (unpaired) electrons. The van der Waals surface area contributed by atoms with Gasteiger partial charge in [0, 0.05) is 6.61 Å². The van der Waals surface area contributed by atoms with Crippen LogP contribution in [0.15, 0.2) is 0 Å². The van der Waals surface area contributed by atoms with Gasteiger partial charge in [0.25, 0.3) is 0 Å². The van der Waals surface area contributed by atoms with E-state index >= 15 is 0 Å². The van der Waals surface area contributed by atoms with Crippen molar-refractivity contribution in [1.82, 2.24) is 4.90 Å². The SMILES string of the molecule is CCCC(O)(CCCCO[Si](C(C)C)(C(C)C)C(C)C)N(CC)CC. The van der Waals surface area contributed by atoms with E-state index in [1.54, 1.807) is 0 Å². The van der Waals surface area contributed by atoms with Crippen molar-refractivity contribution in [3.63, 3.8) is 0 Å². The van der Waals surface area contributed by atoms with Crippen LogP contribution in [0.3, 0.4) is 0 Å². The van der Waals surface area contributed by atoms with Crippen LogP contribution >= 0.6 is 0 Å². The zero-order valence-electron chi connectivity index (χ0n) is 18.7. The van der Waals surface area contributed by atoms with E-state index in [1.165, 1.54) is 0 Å². The first kappa shape index (κ1) is 25.1. The lowest BCUT2D eigenvalue weighted by Gasteiger charge is -2.42. The van der Waals surface area contributed by atoms with Gasteiger partial charge in [-0.1, -0.05) is 68.7 Å². The minimum atomic E-state index is -1.75. The molecule has 0 aliphatic heterocycles. The fourth-order valence-corrected chi connectivity index (χ4v) is 10.4. The summed E-state index contributed by atoms with van der Waals surface area (Å²) in [6.07, 6.45) is 4.82. The topological polar surface area (TPSA) is 32.7 Å². The molecule has 0 amide bonds. The predicted molar refractivity (Wildman–Crippen MR) is 114 cm³/mol. The molecule has 0 heterocycles. The molecule has 25 heavy (non-hydrogen) atoms. The van der Waals surface area contributed by atoms with Crippen LogP contribution in [-0.2, 0) is 4.43 Å². The molecule has 0 spiro atoms. The molecule has 0 fully saturated rings. The fraction of sp³-hybridized carbons (Fsp3) is 1.00. The largest absolute Gasteiger partial charge is 0.416 e. The first-order chi connectivity index (χ1) is 11.6. The molecule has 3 nitrogen and oxygen atoms in total. The number of rotatable bonds is 14. The Morgan fingerprint density at radius 2 is 1.32 bits per heavy atom. The van der Waals surface area contributed by atoms with E-state index in [1.807, 2.05) is 0 Å². The van der Waals surface area contributed by atoms with Crippen molar-refractivity contribution < 1.29 is 9.53 Å². The molecule has 1 N–H and O–H groups in total. The second-order valence-corrected chi connectivity index (χ2v) is 14.0. The van der Waals surface area contributed by atoms with Gasteiger partial charge in [-0.05, 0) is 55.4 Å². The zero-order valence-corrected chi connectivity index (χ0v) is 19.7. The van der Waals surface area contributed by atoms with Crippen LogP contribution in [0.4, 0.5) is 0 Å². The van der Waals surface area contributed by atoms with Crippen molar-refractivity contribution in [2.75, 3.05) is 19.7 Å². The summed E-state index contributed by atoms with van der Waals surface area (Å²) in [7, 11) is -1.75. The van der Waals surface area contributed by atoms with Gasteiger partial charge in [0.2, 0.25) is 0 Å². The Morgan fingerprint density at radius 3 is 1.68 bits per heavy atom. The van der Waals surface area contributed by atoms with E-state index < -0.39 is 14.0 Å². The van der Waals surface area contributed by atoms with E-state index in [-0.39, 0.29) is 0 Å². The normalized spacial score (nSPS) is 15.6. The van der Waals surface area contributed by atoms with Crippen LogP contribution in [0.1, 0.15) is 94.4 Å². The van der Waals surface area contributed by atoms with E-state index in [9.17, 15) is 5.11 Å². The second-order valence-electron chi connectivity index (χ2n) is 8.53. The van der Waals surface area contributed by atoms with Gasteiger partial charge in [-0.15, -0.1) is 0 Å². The van der Waals surface area contributed by atoms with Gasteiger partial charge >= 0.3 is 0 Å². The Hall–Kier alpha value is 0.0969. The quantitative estimate of drug-likeness (QED) is 0.224. The van der Waals surface area contributed by atoms with Crippen molar-refractivity contribution in [3.8, 4) is 0 Å². The second kappa shape index (κ2) is 11.7. The average molecular weight is 374 g/mol. The molecule has 1 unspecified atom stereocenters. The molecule has 0 aliphatic carbocycles. The molecular formula is C21H47NO2Si. The molecule has 1 atom stereocenters. The summed E-state index contributed by atoms with van der Waals surface area (Å²) in [5.41, 5.74) is 1.28. The van der Waals surface area contributed by atoms with E-state index in [2.05, 4.69) is 67.2 Å². The van der Waals surface area contributed by atoms with Gasteiger partial charge < -0.3 is 9.53 Å². The van der Waals surface area contributed by atoms with Crippen molar-refractivity contribution >= 4 is 8.32 Å². The highest BCUT2D eigenvalue weighted by Gasteiger charge is 2.44. The Bertz CT molecular complexity index is 321. The van der Waals surface area contributed by atoms with Gasteiger partial charge in [-0.3, -0.25) is 4.90 Å². The van der Waals surface area contributed by atoms with E-state index in [4.69, 9.17) is 4.43 Å². The molecule has 0 aromatic rings. The van der Waals surface area contributed by atoms with Crippen LogP contribution in [0.25, 0.3) is 0 Å². The Kier molecular flexibility index (Phi) is 11.8. The molecule has 0 bridgehead atoms. The maximum atomic E-state index is 11.1. The number of unbranched alkanes of at least 4 members (excludes halogenated alkanes) is 1. The molecule has 0 saturated carbocycles. The van der Waals surface area contributed by atoms with Crippen LogP contribution in [-0.4, -0.2) is 43.7 Å². The molecule has 0 aromatic carbocycles. The number of nitrogens with zero attached hydrogens (tertiary/aromatic N) is 1. The van der Waals surface area contributed by atoms with Gasteiger partial charge in [0.05, 0.1) is 0 Å². The van der Waals surface area contributed by atoms with Gasteiger partial charge in [-0.2, -0.15) is 0 Å². The molecule has 4 heteroatoms. The average Bonchev–Trinajstić information content (AvgIpc) is 2.51. The molecular weight excluding hydrogens is 326 g/mol. The van der Waals surface area contributed by atoms with Crippen molar-refractivity contribution in [2.45, 2.75) is 117 Å². The lowest BCUT2D eigenvalue weighted by atomic mass is 9.98. The van der Waals surface area contributed by atoms with Crippen LogP contribution in [0, 0.1) is 0 Å². The highest BCUT2D eigenvalue weighted by molar-refractivity contribution is 6.77. The summed E-state index contributed by atoms with van der Waals surface area (Å²) in [5.74, 6) is 0. The molecule has 0 aliphatic rings. The molecule has 0 rings (SSSR count). The minimum absolute atomic E-state index is 0.638. The fourth-order valence-electron chi connectivity index (χ4n) is 4.91. The third kappa shape index (κ3) is 6.64. The molecule has 0 saturated heterocycles. The standard InChI is InChI=1S/C21H47NO2Si/c1-10-15-21(23,22(11-2)12-3)16-13-14-17-24-25(18(4)5,19(6)7)20(8)9/h18-20,23H,10-17H2,1-9H3. The Labute approximate surface area is 159 Å². The van der Waals surface area contributed by atoms with Crippen LogP contribution < -0.4 is 0 Å². The summed E-state index contributed by atoms with van der Waals surface area (Å²) >= 11 is 0. The monoisotopic (exact) mass is 373 g/mol. The first-order valence-corrected chi connectivity index (χ1v) is 12.9. The van der Waals surface area contributed by atoms with Crippen molar-refractivity contribution in [3.05, 3.63) is 0 Å². The van der Waals surface area contributed by atoms with Crippen LogP contribution in [0.5, 0.6) is 0 Å². The third-order valence-corrected chi connectivity index (χ3v) is 12.2. The van der Waals surface area contributed by atoms with Crippen molar-refractivity contribution in [2.24, 2.45) is 0 Å². The van der Waals surface area contributed by atoms with E-state index in [0.717, 1.165) is 51.8 Å². The lowest BCUT2D eigenvalue weighted by Crippen LogP contribution is -2.49. The number of hydrogen-bond acceptors (Lipinski definition) is 3. The summed E-state index contributed by atoms with van der Waals surface area (Å²) < 4.78 is 6.65. The Balaban J connectivity index is 4.68. The van der Waals surface area contributed by atoms with Gasteiger partial charge in [0.15, 0.2) is 8.32 Å². The summed E-state index contributed by atoms with van der Waals surface area (Å²) in [6, 6.07) is 0. The summed E-state index contributed by atoms with van der Waals surface area (Å²) in [5, 5.41) is 11.1. The van der Waals surface area contributed by atoms with Crippen molar-refractivity contribution in [1.29, 1.82) is 0 Å². The zero-order chi connectivity index (χ0) is 19.7. The molecule has 0 aromatic heterocycles. The number of aliphatic hydroxyl groups is 1. The Morgan fingerprint density at radius 1 is 0.840 bits per heavy atom. The predicted octanol–water partition coefficient (Wildman–Crippen LogP) is 6.18. The highest BCUT2D eigenvalue weighted by Crippen LogP contribution is 2.42. The first-order valence-electron chi connectivity index (χ1n) is 10.7. The summed E-state index contributed by atoms with van der Waals surface area (Å²) in [4.78, 5) is 2.22. The minimum Gasteiger partial charge on any atom is -0.416 e. The van der Waals surface area contributed by atoms with Gasteiger partial charge in [-0.25, -0.2) is 0 Å². The smallest absolute Gasteiger partial charge is 0.200 e. The molecule has 152 valence electrons. The lowest BCUT2D eigenvalue weighted by molar-refractivity contribution is -0.118. The number of hydrogen-bond donors (Lipinski definition) is 1.